The van der Waals surface area contributed by atoms with Gasteiger partial charge in [-0.1, -0.05) is 19.9 Å². The van der Waals surface area contributed by atoms with Crippen molar-refractivity contribution in [3.05, 3.63) is 29.6 Å². The van der Waals surface area contributed by atoms with E-state index >= 15 is 0 Å². The van der Waals surface area contributed by atoms with Crippen LogP contribution in [0.1, 0.15) is 32.3 Å². The van der Waals surface area contributed by atoms with E-state index in [1.165, 1.54) is 13.2 Å². The molecule has 0 aliphatic rings. The molecule has 21 heavy (non-hydrogen) atoms. The van der Waals surface area contributed by atoms with Crippen molar-refractivity contribution in [3.63, 3.8) is 0 Å². The Morgan fingerprint density at radius 2 is 2.05 bits per heavy atom. The first-order valence-electron chi connectivity index (χ1n) is 7.33. The van der Waals surface area contributed by atoms with E-state index in [1.54, 1.807) is 12.1 Å². The number of carbonyl (C=O) groups is 1. The zero-order chi connectivity index (χ0) is 15.9. The van der Waals surface area contributed by atoms with Crippen LogP contribution in [-0.4, -0.2) is 26.1 Å². The first kappa shape index (κ1) is 17.4. The number of amides is 1. The highest BCUT2D eigenvalue weighted by Crippen LogP contribution is 2.25. The van der Waals surface area contributed by atoms with Gasteiger partial charge in [0.15, 0.2) is 11.6 Å². The minimum absolute atomic E-state index is 0.0241. The molecular weight excluding hydrogens is 271 g/mol. The molecule has 0 bridgehead atoms. The van der Waals surface area contributed by atoms with E-state index in [1.807, 2.05) is 13.8 Å². The molecule has 0 saturated carbocycles. The van der Waals surface area contributed by atoms with E-state index in [2.05, 4.69) is 5.32 Å². The molecule has 3 N–H and O–H groups in total. The molecule has 0 aromatic heterocycles. The number of halogens is 1. The Balaban J connectivity index is 2.57. The first-order chi connectivity index (χ1) is 10.0. The summed E-state index contributed by atoms with van der Waals surface area (Å²) in [4.78, 5) is 12.2. The summed E-state index contributed by atoms with van der Waals surface area (Å²) in [6.45, 7) is 4.74. The number of methoxy groups -OCH3 is 1. The second kappa shape index (κ2) is 7.98. The molecule has 1 rings (SSSR count). The number of ether oxygens (including phenoxy) is 1. The Hall–Kier alpha value is -1.62. The van der Waals surface area contributed by atoms with Crippen LogP contribution in [0.3, 0.4) is 0 Å². The monoisotopic (exact) mass is 296 g/mol. The maximum Gasteiger partial charge on any atom is 0.227 e. The normalized spacial score (nSPS) is 11.3. The van der Waals surface area contributed by atoms with Crippen LogP contribution >= 0.6 is 0 Å². The van der Waals surface area contributed by atoms with Gasteiger partial charge in [-0.05, 0) is 37.0 Å². The summed E-state index contributed by atoms with van der Waals surface area (Å²) in [7, 11) is 1.43. The van der Waals surface area contributed by atoms with Crippen LogP contribution in [0, 0.1) is 11.2 Å². The Bertz CT molecular complexity index is 465. The average molecular weight is 296 g/mol. The number of nitrogens with two attached hydrogens (primary N) is 1. The summed E-state index contributed by atoms with van der Waals surface area (Å²) in [6.07, 6.45) is 1.99. The topological polar surface area (TPSA) is 64.4 Å². The van der Waals surface area contributed by atoms with Crippen LogP contribution in [0.4, 0.5) is 4.39 Å². The summed E-state index contributed by atoms with van der Waals surface area (Å²) in [5.41, 5.74) is 6.06. The van der Waals surface area contributed by atoms with Gasteiger partial charge in [0.25, 0.3) is 0 Å². The summed E-state index contributed by atoms with van der Waals surface area (Å²) >= 11 is 0. The summed E-state index contributed by atoms with van der Waals surface area (Å²) in [5.74, 6) is -0.189. The van der Waals surface area contributed by atoms with E-state index < -0.39 is 5.41 Å². The van der Waals surface area contributed by atoms with Gasteiger partial charge in [-0.3, -0.25) is 4.79 Å². The summed E-state index contributed by atoms with van der Waals surface area (Å²) < 4.78 is 18.4. The van der Waals surface area contributed by atoms with Crippen LogP contribution in [0.5, 0.6) is 5.75 Å². The number of rotatable bonds is 8. The molecule has 118 valence electrons. The van der Waals surface area contributed by atoms with Gasteiger partial charge in [0, 0.05) is 13.1 Å². The highest BCUT2D eigenvalue weighted by Gasteiger charge is 2.32. The van der Waals surface area contributed by atoms with E-state index in [-0.39, 0.29) is 17.5 Å². The van der Waals surface area contributed by atoms with Crippen molar-refractivity contribution >= 4 is 5.91 Å². The van der Waals surface area contributed by atoms with Gasteiger partial charge in [-0.25, -0.2) is 4.39 Å². The molecule has 5 heteroatoms. The molecule has 1 amide bonds. The Morgan fingerprint density at radius 3 is 2.52 bits per heavy atom. The molecule has 0 radical (unpaired) electrons. The van der Waals surface area contributed by atoms with Crippen LogP contribution in [0.2, 0.25) is 0 Å². The number of benzene rings is 1. The molecule has 0 heterocycles. The van der Waals surface area contributed by atoms with Gasteiger partial charge in [0.2, 0.25) is 5.91 Å². The Kier molecular flexibility index (Phi) is 6.62. The third-order valence-corrected chi connectivity index (χ3v) is 4.14. The summed E-state index contributed by atoms with van der Waals surface area (Å²) in [6, 6.07) is 4.82. The SMILES string of the molecule is CCC(CC)(CN)C(=O)NCCc1ccc(OC)c(F)c1. The van der Waals surface area contributed by atoms with Crippen molar-refractivity contribution in [2.75, 3.05) is 20.2 Å². The summed E-state index contributed by atoms with van der Waals surface area (Å²) in [5, 5.41) is 2.90. The van der Waals surface area contributed by atoms with Gasteiger partial charge in [-0.15, -0.1) is 0 Å². The molecule has 0 unspecified atom stereocenters. The van der Waals surface area contributed by atoms with Crippen molar-refractivity contribution < 1.29 is 13.9 Å². The molecule has 1 aromatic carbocycles. The quantitative estimate of drug-likeness (QED) is 0.773. The van der Waals surface area contributed by atoms with Crippen LogP contribution in [0.25, 0.3) is 0 Å². The van der Waals surface area contributed by atoms with Crippen molar-refractivity contribution in [1.82, 2.24) is 5.32 Å². The molecule has 4 nitrogen and oxygen atoms in total. The minimum atomic E-state index is -0.495. The Labute approximate surface area is 125 Å². The van der Waals surface area contributed by atoms with Crippen LogP contribution in [0.15, 0.2) is 18.2 Å². The van der Waals surface area contributed by atoms with E-state index in [0.29, 0.717) is 32.4 Å². The van der Waals surface area contributed by atoms with Crippen molar-refractivity contribution in [3.8, 4) is 5.75 Å². The number of nitrogens with one attached hydrogen (secondary N) is 1. The van der Waals surface area contributed by atoms with Gasteiger partial charge < -0.3 is 15.8 Å². The lowest BCUT2D eigenvalue weighted by Crippen LogP contribution is -2.45. The molecule has 0 aliphatic heterocycles. The maximum atomic E-state index is 13.6. The Morgan fingerprint density at radius 1 is 1.38 bits per heavy atom. The fourth-order valence-corrected chi connectivity index (χ4v) is 2.33. The average Bonchev–Trinajstić information content (AvgIpc) is 2.50. The molecule has 1 aromatic rings. The van der Waals surface area contributed by atoms with Gasteiger partial charge in [0.1, 0.15) is 0 Å². The standard InChI is InChI=1S/C16H25FN2O2/c1-4-16(5-2,11-18)15(20)19-9-8-12-6-7-14(21-3)13(17)10-12/h6-7,10H,4-5,8-9,11,18H2,1-3H3,(H,19,20). The van der Waals surface area contributed by atoms with Crippen molar-refractivity contribution in [1.29, 1.82) is 0 Å². The third-order valence-electron chi connectivity index (χ3n) is 4.14. The highest BCUT2D eigenvalue weighted by molar-refractivity contribution is 5.82. The fourth-order valence-electron chi connectivity index (χ4n) is 2.33. The number of hydrogen-bond donors (Lipinski definition) is 2. The predicted octanol–water partition coefficient (Wildman–Crippen LogP) is 2.26. The molecule has 0 fully saturated rings. The smallest absolute Gasteiger partial charge is 0.227 e. The third kappa shape index (κ3) is 4.17. The first-order valence-corrected chi connectivity index (χ1v) is 7.33. The largest absolute Gasteiger partial charge is 0.494 e. The zero-order valence-electron chi connectivity index (χ0n) is 13.0. The molecule has 0 saturated heterocycles. The lowest BCUT2D eigenvalue weighted by molar-refractivity contribution is -0.131. The second-order valence-electron chi connectivity index (χ2n) is 5.17. The van der Waals surface area contributed by atoms with Gasteiger partial charge in [-0.2, -0.15) is 0 Å². The lowest BCUT2D eigenvalue weighted by Gasteiger charge is -2.28. The second-order valence-corrected chi connectivity index (χ2v) is 5.17. The van der Waals surface area contributed by atoms with E-state index in [4.69, 9.17) is 10.5 Å². The zero-order valence-corrected chi connectivity index (χ0v) is 13.0. The predicted molar refractivity (Wildman–Crippen MR) is 81.7 cm³/mol. The molecule has 0 spiro atoms. The fraction of sp³-hybridized carbons (Fsp3) is 0.562. The van der Waals surface area contributed by atoms with Crippen LogP contribution < -0.4 is 15.8 Å². The van der Waals surface area contributed by atoms with Crippen molar-refractivity contribution in [2.24, 2.45) is 11.1 Å². The molecule has 0 aliphatic carbocycles. The highest BCUT2D eigenvalue weighted by atomic mass is 19.1. The van der Waals surface area contributed by atoms with Gasteiger partial charge >= 0.3 is 0 Å². The van der Waals surface area contributed by atoms with E-state index in [9.17, 15) is 9.18 Å². The maximum absolute atomic E-state index is 13.6. The molecular formula is C16H25FN2O2. The van der Waals surface area contributed by atoms with Crippen LogP contribution in [-0.2, 0) is 11.2 Å². The molecule has 0 atom stereocenters. The van der Waals surface area contributed by atoms with Gasteiger partial charge in [0.05, 0.1) is 12.5 Å². The number of carbonyl (C=O) groups excluding carboxylic acids is 1. The lowest BCUT2D eigenvalue weighted by atomic mass is 9.81. The number of hydrogen-bond acceptors (Lipinski definition) is 3. The van der Waals surface area contributed by atoms with E-state index in [0.717, 1.165) is 5.56 Å². The minimum Gasteiger partial charge on any atom is -0.494 e. The van der Waals surface area contributed by atoms with Crippen molar-refractivity contribution in [2.45, 2.75) is 33.1 Å².